The van der Waals surface area contributed by atoms with E-state index >= 15 is 0 Å². The number of hydrogen-bond donors (Lipinski definition) is 1. The third-order valence-corrected chi connectivity index (χ3v) is 6.10. The Morgan fingerprint density at radius 1 is 1.09 bits per heavy atom. The topological polar surface area (TPSA) is 61.4 Å². The maximum Gasteiger partial charge on any atom is 0.224 e. The van der Waals surface area contributed by atoms with Gasteiger partial charge in [0, 0.05) is 37.9 Å². The number of anilines is 1. The van der Waals surface area contributed by atoms with Gasteiger partial charge in [-0.25, -0.2) is 9.97 Å². The first-order valence-electron chi connectivity index (χ1n) is 11.8. The Balaban J connectivity index is 1.24. The second kappa shape index (κ2) is 11.6. The molecule has 2 heterocycles. The van der Waals surface area contributed by atoms with Crippen LogP contribution in [0.2, 0.25) is 0 Å². The van der Waals surface area contributed by atoms with Gasteiger partial charge in [0.2, 0.25) is 5.91 Å². The fourth-order valence-electron chi connectivity index (χ4n) is 4.33. The van der Waals surface area contributed by atoms with Crippen LogP contribution in [0, 0.1) is 5.92 Å². The highest BCUT2D eigenvalue weighted by Crippen LogP contribution is 2.24. The summed E-state index contributed by atoms with van der Waals surface area (Å²) in [5.41, 5.74) is 2.31. The second-order valence-electron chi connectivity index (χ2n) is 8.76. The number of amides is 1. The summed E-state index contributed by atoms with van der Waals surface area (Å²) in [4.78, 5) is 26.5. The van der Waals surface area contributed by atoms with E-state index in [1.807, 2.05) is 42.5 Å². The molecule has 0 bridgehead atoms. The minimum absolute atomic E-state index is 0.00376. The summed E-state index contributed by atoms with van der Waals surface area (Å²) in [5, 5.41) is 3.16. The van der Waals surface area contributed by atoms with Crippen molar-refractivity contribution in [3.8, 4) is 11.4 Å². The summed E-state index contributed by atoms with van der Waals surface area (Å²) < 4.78 is 0. The van der Waals surface area contributed by atoms with Crippen LogP contribution in [0.3, 0.4) is 0 Å². The van der Waals surface area contributed by atoms with Gasteiger partial charge in [-0.3, -0.25) is 4.79 Å². The fourth-order valence-corrected chi connectivity index (χ4v) is 4.33. The average Bonchev–Trinajstić information content (AvgIpc) is 2.88. The van der Waals surface area contributed by atoms with Gasteiger partial charge in [0.15, 0.2) is 5.82 Å². The molecule has 1 saturated heterocycles. The maximum atomic E-state index is 12.8. The summed E-state index contributed by atoms with van der Waals surface area (Å²) in [6.45, 7) is 4.20. The molecule has 6 nitrogen and oxygen atoms in total. The van der Waals surface area contributed by atoms with Crippen molar-refractivity contribution in [2.24, 2.45) is 5.92 Å². The molecule has 2 aromatic carbocycles. The number of carbonyl (C=O) groups is 1. The highest BCUT2D eigenvalue weighted by atomic mass is 16.1. The van der Waals surface area contributed by atoms with Gasteiger partial charge in [-0.15, -0.1) is 0 Å². The zero-order chi connectivity index (χ0) is 22.9. The predicted molar refractivity (Wildman–Crippen MR) is 133 cm³/mol. The molecule has 0 spiro atoms. The molecular weight excluding hydrogens is 410 g/mol. The maximum absolute atomic E-state index is 12.8. The summed E-state index contributed by atoms with van der Waals surface area (Å²) in [6, 6.07) is 22.4. The monoisotopic (exact) mass is 443 g/mol. The van der Waals surface area contributed by atoms with Crippen LogP contribution in [0.25, 0.3) is 11.4 Å². The summed E-state index contributed by atoms with van der Waals surface area (Å²) >= 11 is 0. The molecule has 0 aliphatic carbocycles. The minimum Gasteiger partial charge on any atom is -0.356 e. The Morgan fingerprint density at radius 2 is 1.85 bits per heavy atom. The zero-order valence-electron chi connectivity index (χ0n) is 19.4. The lowest BCUT2D eigenvalue weighted by atomic mass is 9.97. The van der Waals surface area contributed by atoms with Crippen molar-refractivity contribution >= 4 is 11.7 Å². The molecule has 1 N–H and O–H groups in total. The summed E-state index contributed by atoms with van der Waals surface area (Å²) in [7, 11) is 2.12. The van der Waals surface area contributed by atoms with Crippen LogP contribution < -0.4 is 10.2 Å². The lowest BCUT2D eigenvalue weighted by Gasteiger charge is -2.33. The van der Waals surface area contributed by atoms with Gasteiger partial charge in [-0.2, -0.15) is 0 Å². The van der Waals surface area contributed by atoms with E-state index in [0.717, 1.165) is 56.1 Å². The highest BCUT2D eigenvalue weighted by molar-refractivity contribution is 5.79. The number of hydrogen-bond acceptors (Lipinski definition) is 5. The molecule has 1 fully saturated rings. The summed E-state index contributed by atoms with van der Waals surface area (Å²) in [6.07, 6.45) is 4.66. The van der Waals surface area contributed by atoms with E-state index in [1.54, 1.807) is 6.20 Å². The van der Waals surface area contributed by atoms with Crippen LogP contribution in [-0.2, 0) is 11.3 Å². The van der Waals surface area contributed by atoms with E-state index in [4.69, 9.17) is 4.98 Å². The average molecular weight is 444 g/mol. The molecule has 3 aromatic rings. The van der Waals surface area contributed by atoms with Gasteiger partial charge in [-0.1, -0.05) is 60.7 Å². The smallest absolute Gasteiger partial charge is 0.224 e. The van der Waals surface area contributed by atoms with Gasteiger partial charge >= 0.3 is 0 Å². The van der Waals surface area contributed by atoms with Crippen molar-refractivity contribution in [1.82, 2.24) is 20.2 Å². The first-order chi connectivity index (χ1) is 16.2. The third kappa shape index (κ3) is 6.62. The van der Waals surface area contributed by atoms with E-state index in [2.05, 4.69) is 51.4 Å². The van der Waals surface area contributed by atoms with Crippen molar-refractivity contribution in [3.05, 3.63) is 78.5 Å². The van der Waals surface area contributed by atoms with Crippen LogP contribution in [0.15, 0.2) is 72.9 Å². The van der Waals surface area contributed by atoms with Crippen molar-refractivity contribution in [1.29, 1.82) is 0 Å². The lowest BCUT2D eigenvalue weighted by Crippen LogP contribution is -2.43. The number of aromatic nitrogens is 2. The van der Waals surface area contributed by atoms with Crippen LogP contribution >= 0.6 is 0 Å². The van der Waals surface area contributed by atoms with E-state index < -0.39 is 0 Å². The number of carbonyl (C=O) groups excluding carboxylic acids is 1. The molecule has 6 heteroatoms. The summed E-state index contributed by atoms with van der Waals surface area (Å²) in [5.74, 6) is 1.77. The van der Waals surface area contributed by atoms with Crippen molar-refractivity contribution in [2.45, 2.75) is 25.8 Å². The molecule has 4 rings (SSSR count). The van der Waals surface area contributed by atoms with Crippen LogP contribution in [0.1, 0.15) is 24.8 Å². The van der Waals surface area contributed by atoms with Gasteiger partial charge in [-0.05, 0) is 44.5 Å². The van der Waals surface area contributed by atoms with Gasteiger partial charge in [0.1, 0.15) is 5.82 Å². The van der Waals surface area contributed by atoms with E-state index in [9.17, 15) is 4.79 Å². The zero-order valence-corrected chi connectivity index (χ0v) is 19.4. The Bertz CT molecular complexity index is 1010. The van der Waals surface area contributed by atoms with E-state index in [1.165, 1.54) is 5.56 Å². The fraction of sp³-hybridized carbons (Fsp3) is 0.370. The molecule has 1 aliphatic rings. The molecule has 1 aromatic heterocycles. The Labute approximate surface area is 196 Å². The molecule has 1 aliphatic heterocycles. The minimum atomic E-state index is -0.00376. The molecule has 1 amide bonds. The van der Waals surface area contributed by atoms with E-state index in [-0.39, 0.29) is 11.8 Å². The SMILES string of the molecule is CN(CCCNC(=O)[C@H]1CCCN(c2ccnc(-c3ccccc3)n2)C1)Cc1ccccc1. The first kappa shape index (κ1) is 22.9. The standard InChI is InChI=1S/C27H33N5O/c1-31(20-22-10-4-2-5-11-22)18-9-16-29-27(33)24-14-8-19-32(21-24)25-15-17-28-26(30-25)23-12-6-3-7-13-23/h2-7,10-13,15,17,24H,8-9,14,16,18-21H2,1H3,(H,29,33)/t24-/m0/s1. The molecule has 1 atom stereocenters. The largest absolute Gasteiger partial charge is 0.356 e. The molecule has 0 radical (unpaired) electrons. The van der Waals surface area contributed by atoms with Gasteiger partial charge in [0.05, 0.1) is 5.92 Å². The van der Waals surface area contributed by atoms with Gasteiger partial charge in [0.25, 0.3) is 0 Å². The number of benzene rings is 2. The quantitative estimate of drug-likeness (QED) is 0.507. The molecule has 33 heavy (non-hydrogen) atoms. The van der Waals surface area contributed by atoms with Crippen LogP contribution in [0.5, 0.6) is 0 Å². The Morgan fingerprint density at radius 3 is 2.64 bits per heavy atom. The number of piperidine rings is 1. The second-order valence-corrected chi connectivity index (χ2v) is 8.76. The van der Waals surface area contributed by atoms with Crippen molar-refractivity contribution in [2.75, 3.05) is 38.1 Å². The molecule has 172 valence electrons. The predicted octanol–water partition coefficient (Wildman–Crippen LogP) is 4.00. The highest BCUT2D eigenvalue weighted by Gasteiger charge is 2.26. The van der Waals surface area contributed by atoms with Crippen molar-refractivity contribution < 1.29 is 4.79 Å². The molecular formula is C27H33N5O. The third-order valence-electron chi connectivity index (χ3n) is 6.10. The van der Waals surface area contributed by atoms with Crippen molar-refractivity contribution in [3.63, 3.8) is 0 Å². The number of nitrogens with one attached hydrogen (secondary N) is 1. The molecule has 0 saturated carbocycles. The lowest BCUT2D eigenvalue weighted by molar-refractivity contribution is -0.125. The number of rotatable bonds is 9. The Hall–Kier alpha value is -3.25. The number of nitrogens with zero attached hydrogens (tertiary/aromatic N) is 4. The normalized spacial score (nSPS) is 16.1. The first-order valence-corrected chi connectivity index (χ1v) is 11.8. The van der Waals surface area contributed by atoms with Gasteiger partial charge < -0.3 is 15.1 Å². The van der Waals surface area contributed by atoms with Crippen LogP contribution in [-0.4, -0.2) is 54.0 Å². The van der Waals surface area contributed by atoms with Crippen LogP contribution in [0.4, 0.5) is 5.82 Å². The Kier molecular flexibility index (Phi) is 8.04. The van der Waals surface area contributed by atoms with E-state index in [0.29, 0.717) is 13.1 Å². The molecule has 0 unspecified atom stereocenters.